The SMILES string of the molecule is CCCOc1ccccc1N=Nc1c(C(C)(C)C)nc2ccccn12. The number of nitrogens with zero attached hydrogens (tertiary/aromatic N) is 4. The molecule has 2 heterocycles. The monoisotopic (exact) mass is 336 g/mol. The lowest BCUT2D eigenvalue weighted by molar-refractivity contribution is 0.318. The Kier molecular flexibility index (Phi) is 4.83. The van der Waals surface area contributed by atoms with Crippen LogP contribution in [0.2, 0.25) is 0 Å². The number of rotatable bonds is 5. The Morgan fingerprint density at radius 3 is 2.56 bits per heavy atom. The fraction of sp³-hybridized carbons (Fsp3) is 0.350. The maximum absolute atomic E-state index is 5.77. The summed E-state index contributed by atoms with van der Waals surface area (Å²) >= 11 is 0. The van der Waals surface area contributed by atoms with E-state index in [1.54, 1.807) is 0 Å². The van der Waals surface area contributed by atoms with E-state index in [0.717, 1.165) is 35.0 Å². The largest absolute Gasteiger partial charge is 0.491 e. The molecule has 0 amide bonds. The van der Waals surface area contributed by atoms with E-state index < -0.39 is 0 Å². The minimum atomic E-state index is -0.126. The van der Waals surface area contributed by atoms with E-state index in [1.165, 1.54) is 0 Å². The first-order chi connectivity index (χ1) is 12.0. The molecule has 0 saturated carbocycles. The quantitative estimate of drug-likeness (QED) is 0.550. The molecule has 0 N–H and O–H groups in total. The van der Waals surface area contributed by atoms with Crippen LogP contribution in [-0.4, -0.2) is 16.0 Å². The summed E-state index contributed by atoms with van der Waals surface area (Å²) in [5.41, 5.74) is 2.39. The number of benzene rings is 1. The third-order valence-corrected chi connectivity index (χ3v) is 3.79. The number of aromatic nitrogens is 2. The van der Waals surface area contributed by atoms with Gasteiger partial charge < -0.3 is 4.74 Å². The van der Waals surface area contributed by atoms with E-state index in [1.807, 2.05) is 53.1 Å². The molecular weight excluding hydrogens is 312 g/mol. The Bertz CT molecular complexity index is 890. The molecule has 2 aromatic heterocycles. The topological polar surface area (TPSA) is 51.2 Å². The van der Waals surface area contributed by atoms with Crippen LogP contribution in [0.5, 0.6) is 5.75 Å². The van der Waals surface area contributed by atoms with E-state index in [9.17, 15) is 0 Å². The van der Waals surface area contributed by atoms with Gasteiger partial charge in [-0.05, 0) is 30.7 Å². The van der Waals surface area contributed by atoms with Crippen molar-refractivity contribution >= 4 is 17.2 Å². The van der Waals surface area contributed by atoms with Crippen LogP contribution >= 0.6 is 0 Å². The second-order valence-electron chi connectivity index (χ2n) is 6.98. The summed E-state index contributed by atoms with van der Waals surface area (Å²) in [6.45, 7) is 9.14. The molecule has 0 bridgehead atoms. The van der Waals surface area contributed by atoms with Gasteiger partial charge in [-0.25, -0.2) is 4.98 Å². The Morgan fingerprint density at radius 2 is 1.80 bits per heavy atom. The molecule has 0 aliphatic rings. The van der Waals surface area contributed by atoms with Crippen molar-refractivity contribution in [1.29, 1.82) is 0 Å². The highest BCUT2D eigenvalue weighted by molar-refractivity contribution is 5.55. The predicted molar refractivity (Wildman–Crippen MR) is 100 cm³/mol. The average Bonchev–Trinajstić information content (AvgIpc) is 2.98. The maximum atomic E-state index is 5.77. The summed E-state index contributed by atoms with van der Waals surface area (Å²) in [6.07, 6.45) is 2.92. The van der Waals surface area contributed by atoms with Crippen molar-refractivity contribution in [2.45, 2.75) is 39.5 Å². The first-order valence-corrected chi connectivity index (χ1v) is 8.62. The van der Waals surface area contributed by atoms with Gasteiger partial charge in [0.25, 0.3) is 0 Å². The maximum Gasteiger partial charge on any atom is 0.183 e. The number of pyridine rings is 1. The van der Waals surface area contributed by atoms with Gasteiger partial charge in [0.15, 0.2) is 5.82 Å². The lowest BCUT2D eigenvalue weighted by Gasteiger charge is -2.15. The summed E-state index contributed by atoms with van der Waals surface area (Å²) in [5.74, 6) is 1.51. The molecule has 3 aromatic rings. The molecule has 5 nitrogen and oxygen atoms in total. The van der Waals surface area contributed by atoms with Gasteiger partial charge in [-0.1, -0.05) is 45.9 Å². The highest BCUT2D eigenvalue weighted by atomic mass is 16.5. The van der Waals surface area contributed by atoms with Crippen LogP contribution in [0, 0.1) is 0 Å². The Hall–Kier alpha value is -2.69. The molecule has 3 rings (SSSR count). The van der Waals surface area contributed by atoms with Crippen LogP contribution in [0.25, 0.3) is 5.65 Å². The number of ether oxygens (including phenoxy) is 1. The van der Waals surface area contributed by atoms with Crippen molar-refractivity contribution in [3.05, 3.63) is 54.4 Å². The van der Waals surface area contributed by atoms with Crippen LogP contribution in [0.15, 0.2) is 58.9 Å². The van der Waals surface area contributed by atoms with Crippen molar-refractivity contribution in [3.8, 4) is 5.75 Å². The third kappa shape index (κ3) is 3.71. The number of imidazole rings is 1. The Morgan fingerprint density at radius 1 is 1.04 bits per heavy atom. The first-order valence-electron chi connectivity index (χ1n) is 8.62. The predicted octanol–water partition coefficient (Wildman–Crippen LogP) is 5.84. The molecule has 0 atom stereocenters. The zero-order valence-corrected chi connectivity index (χ0v) is 15.2. The summed E-state index contributed by atoms with van der Waals surface area (Å²) in [6, 6.07) is 13.6. The van der Waals surface area contributed by atoms with Gasteiger partial charge in [0.2, 0.25) is 0 Å². The van der Waals surface area contributed by atoms with Crippen molar-refractivity contribution in [2.75, 3.05) is 6.61 Å². The van der Waals surface area contributed by atoms with Crippen LogP contribution in [0.3, 0.4) is 0 Å². The second kappa shape index (κ2) is 7.05. The van der Waals surface area contributed by atoms with E-state index in [-0.39, 0.29) is 5.41 Å². The van der Waals surface area contributed by atoms with Gasteiger partial charge >= 0.3 is 0 Å². The zero-order chi connectivity index (χ0) is 17.9. The van der Waals surface area contributed by atoms with Gasteiger partial charge in [-0.15, -0.1) is 10.2 Å². The van der Waals surface area contributed by atoms with Crippen molar-refractivity contribution in [3.63, 3.8) is 0 Å². The minimum absolute atomic E-state index is 0.126. The molecule has 1 aromatic carbocycles. The summed E-state index contributed by atoms with van der Waals surface area (Å²) < 4.78 is 7.74. The molecule has 0 spiro atoms. The molecule has 0 unspecified atom stereocenters. The number of azo groups is 1. The first kappa shape index (κ1) is 17.1. The number of hydrogen-bond donors (Lipinski definition) is 0. The molecule has 25 heavy (non-hydrogen) atoms. The van der Waals surface area contributed by atoms with Crippen LogP contribution in [-0.2, 0) is 5.41 Å². The van der Waals surface area contributed by atoms with Gasteiger partial charge in [0, 0.05) is 11.6 Å². The Balaban J connectivity index is 2.05. The summed E-state index contributed by atoms with van der Waals surface area (Å²) in [4.78, 5) is 4.75. The molecule has 5 heteroatoms. The number of hydrogen-bond acceptors (Lipinski definition) is 4. The number of para-hydroxylation sites is 1. The lowest BCUT2D eigenvalue weighted by Crippen LogP contribution is -2.11. The van der Waals surface area contributed by atoms with Crippen molar-refractivity contribution in [1.82, 2.24) is 9.38 Å². The summed E-state index contributed by atoms with van der Waals surface area (Å²) in [5, 5.41) is 9.01. The molecule has 0 aliphatic carbocycles. The van der Waals surface area contributed by atoms with Gasteiger partial charge in [-0.2, -0.15) is 0 Å². The van der Waals surface area contributed by atoms with Crippen molar-refractivity contribution in [2.24, 2.45) is 10.2 Å². The highest BCUT2D eigenvalue weighted by Crippen LogP contribution is 2.34. The van der Waals surface area contributed by atoms with Gasteiger partial charge in [-0.3, -0.25) is 4.40 Å². The second-order valence-corrected chi connectivity index (χ2v) is 6.98. The fourth-order valence-electron chi connectivity index (χ4n) is 2.56. The summed E-state index contributed by atoms with van der Waals surface area (Å²) in [7, 11) is 0. The number of fused-ring (bicyclic) bond motifs is 1. The van der Waals surface area contributed by atoms with Crippen LogP contribution < -0.4 is 4.74 Å². The third-order valence-electron chi connectivity index (χ3n) is 3.79. The van der Waals surface area contributed by atoms with Gasteiger partial charge in [0.1, 0.15) is 17.1 Å². The minimum Gasteiger partial charge on any atom is -0.491 e. The zero-order valence-electron chi connectivity index (χ0n) is 15.2. The lowest BCUT2D eigenvalue weighted by atomic mass is 9.92. The van der Waals surface area contributed by atoms with E-state index >= 15 is 0 Å². The van der Waals surface area contributed by atoms with Crippen LogP contribution in [0.4, 0.5) is 11.5 Å². The van der Waals surface area contributed by atoms with E-state index in [0.29, 0.717) is 6.61 Å². The van der Waals surface area contributed by atoms with Crippen LogP contribution in [0.1, 0.15) is 39.8 Å². The molecule has 130 valence electrons. The van der Waals surface area contributed by atoms with E-state index in [2.05, 4.69) is 37.9 Å². The standard InChI is InChI=1S/C20H24N4O/c1-5-14-25-16-11-7-6-10-15(16)22-23-19-18(20(2,3)4)21-17-12-8-9-13-24(17)19/h6-13H,5,14H2,1-4H3. The molecule has 0 saturated heterocycles. The normalized spacial score (nSPS) is 12.2. The highest BCUT2D eigenvalue weighted by Gasteiger charge is 2.24. The molecule has 0 aliphatic heterocycles. The van der Waals surface area contributed by atoms with Gasteiger partial charge in [0.05, 0.1) is 12.3 Å². The smallest absolute Gasteiger partial charge is 0.183 e. The average molecular weight is 336 g/mol. The molecule has 0 fully saturated rings. The van der Waals surface area contributed by atoms with Crippen molar-refractivity contribution < 1.29 is 4.74 Å². The van der Waals surface area contributed by atoms with E-state index in [4.69, 9.17) is 9.72 Å². The molecule has 0 radical (unpaired) electrons. The fourth-order valence-corrected chi connectivity index (χ4v) is 2.56. The molecular formula is C20H24N4O. The Labute approximate surface area is 148 Å².